The van der Waals surface area contributed by atoms with E-state index in [0.29, 0.717) is 5.92 Å². The van der Waals surface area contributed by atoms with Crippen LogP contribution in [0.25, 0.3) is 0 Å². The first-order valence-corrected chi connectivity index (χ1v) is 6.84. The number of rotatable bonds is 4. The normalized spacial score (nSPS) is 33.2. The van der Waals surface area contributed by atoms with Gasteiger partial charge in [0.05, 0.1) is 6.04 Å². The maximum atomic E-state index is 5.85. The molecule has 2 bridgehead atoms. The van der Waals surface area contributed by atoms with Crippen molar-refractivity contribution in [3.05, 3.63) is 11.8 Å². The molecule has 0 aromatic carbocycles. The number of aromatic nitrogens is 2. The van der Waals surface area contributed by atoms with Gasteiger partial charge in [0.2, 0.25) is 11.8 Å². The number of hydrogen-bond donors (Lipinski definition) is 1. The average Bonchev–Trinajstić information content (AvgIpc) is 3.05. The molecule has 2 aliphatic rings. The minimum Gasteiger partial charge on any atom is -0.423 e. The highest BCUT2D eigenvalue weighted by Crippen LogP contribution is 2.52. The number of fused-ring (bicyclic) bond motifs is 2. The second-order valence-electron chi connectivity index (χ2n) is 5.54. The van der Waals surface area contributed by atoms with Crippen molar-refractivity contribution >= 4 is 0 Å². The van der Waals surface area contributed by atoms with E-state index in [1.165, 1.54) is 25.7 Å². The molecule has 2 fully saturated rings. The summed E-state index contributed by atoms with van der Waals surface area (Å²) in [6.45, 7) is 5.08. The zero-order chi connectivity index (χ0) is 11.8. The van der Waals surface area contributed by atoms with Crippen LogP contribution in [0.4, 0.5) is 0 Å². The minimum absolute atomic E-state index is 0.167. The molecule has 4 nitrogen and oxygen atoms in total. The van der Waals surface area contributed by atoms with E-state index in [9.17, 15) is 0 Å². The molecule has 0 spiro atoms. The maximum Gasteiger partial charge on any atom is 0.233 e. The van der Waals surface area contributed by atoms with Crippen molar-refractivity contribution in [1.29, 1.82) is 0 Å². The Balaban J connectivity index is 1.72. The van der Waals surface area contributed by atoms with Crippen LogP contribution in [0.5, 0.6) is 0 Å². The molecular formula is C13H21N3O. The molecule has 3 rings (SSSR count). The smallest absolute Gasteiger partial charge is 0.233 e. The summed E-state index contributed by atoms with van der Waals surface area (Å²) in [4.78, 5) is 0. The van der Waals surface area contributed by atoms with E-state index in [4.69, 9.17) is 4.42 Å². The van der Waals surface area contributed by atoms with Gasteiger partial charge in [0.1, 0.15) is 0 Å². The first-order chi connectivity index (χ1) is 8.28. The highest BCUT2D eigenvalue weighted by atomic mass is 16.4. The molecule has 1 N–H and O–H groups in total. The van der Waals surface area contributed by atoms with Gasteiger partial charge in [0.15, 0.2) is 0 Å². The highest BCUT2D eigenvalue weighted by Gasteiger charge is 2.42. The summed E-state index contributed by atoms with van der Waals surface area (Å²) in [5.41, 5.74) is 0. The van der Waals surface area contributed by atoms with Gasteiger partial charge in [-0.15, -0.1) is 10.2 Å². The summed E-state index contributed by atoms with van der Waals surface area (Å²) in [6, 6.07) is 0.167. The van der Waals surface area contributed by atoms with E-state index in [2.05, 4.69) is 29.4 Å². The summed E-state index contributed by atoms with van der Waals surface area (Å²) in [7, 11) is 0. The molecule has 1 aromatic rings. The molecule has 94 valence electrons. The molecule has 2 saturated carbocycles. The van der Waals surface area contributed by atoms with Gasteiger partial charge in [-0.25, -0.2) is 0 Å². The van der Waals surface area contributed by atoms with E-state index in [-0.39, 0.29) is 6.04 Å². The molecule has 1 heterocycles. The Morgan fingerprint density at radius 3 is 2.88 bits per heavy atom. The number of hydrogen-bond acceptors (Lipinski definition) is 4. The standard InChI is InChI=1S/C13H21N3O/c1-3-14-8(2)12-15-16-13(17-12)11-7-9-4-5-10(11)6-9/h8-11,14H,3-7H2,1-2H3. The lowest BCUT2D eigenvalue weighted by molar-refractivity contribution is 0.323. The lowest BCUT2D eigenvalue weighted by atomic mass is 9.89. The van der Waals surface area contributed by atoms with Crippen molar-refractivity contribution in [3.8, 4) is 0 Å². The quantitative estimate of drug-likeness (QED) is 0.871. The highest BCUT2D eigenvalue weighted by molar-refractivity contribution is 5.04. The van der Waals surface area contributed by atoms with Crippen LogP contribution < -0.4 is 5.32 Å². The summed E-state index contributed by atoms with van der Waals surface area (Å²) in [5, 5.41) is 11.8. The fraction of sp³-hybridized carbons (Fsp3) is 0.846. The van der Waals surface area contributed by atoms with Crippen LogP contribution in [-0.4, -0.2) is 16.7 Å². The van der Waals surface area contributed by atoms with E-state index in [1.807, 2.05) is 0 Å². The Bertz CT molecular complexity index is 390. The summed E-state index contributed by atoms with van der Waals surface area (Å²) >= 11 is 0. The Morgan fingerprint density at radius 1 is 1.35 bits per heavy atom. The topological polar surface area (TPSA) is 51.0 Å². The molecule has 4 heteroatoms. The van der Waals surface area contributed by atoms with Crippen molar-refractivity contribution in [2.75, 3.05) is 6.54 Å². The van der Waals surface area contributed by atoms with E-state index in [1.54, 1.807) is 0 Å². The van der Waals surface area contributed by atoms with E-state index >= 15 is 0 Å². The number of nitrogens with zero attached hydrogens (tertiary/aromatic N) is 2. The molecular weight excluding hydrogens is 214 g/mol. The molecule has 4 atom stereocenters. The van der Waals surface area contributed by atoms with Crippen LogP contribution in [0.2, 0.25) is 0 Å². The summed E-state index contributed by atoms with van der Waals surface area (Å²) in [6.07, 6.45) is 5.42. The second kappa shape index (κ2) is 4.41. The van der Waals surface area contributed by atoms with E-state index in [0.717, 1.165) is 30.2 Å². The molecule has 0 aliphatic heterocycles. The van der Waals surface area contributed by atoms with Gasteiger partial charge < -0.3 is 9.73 Å². The molecule has 4 unspecified atom stereocenters. The van der Waals surface area contributed by atoms with Crippen molar-refractivity contribution in [3.63, 3.8) is 0 Å². The van der Waals surface area contributed by atoms with Gasteiger partial charge in [-0.05, 0) is 44.6 Å². The van der Waals surface area contributed by atoms with Gasteiger partial charge in [0.25, 0.3) is 0 Å². The third kappa shape index (κ3) is 1.99. The molecule has 1 aromatic heterocycles. The van der Waals surface area contributed by atoms with Crippen molar-refractivity contribution in [2.45, 2.75) is 51.5 Å². The molecule has 0 saturated heterocycles. The SMILES string of the molecule is CCNC(C)c1nnc(C2CC3CCC2C3)o1. The van der Waals surface area contributed by atoms with Gasteiger partial charge >= 0.3 is 0 Å². The second-order valence-corrected chi connectivity index (χ2v) is 5.54. The predicted octanol–water partition coefficient (Wildman–Crippen LogP) is 2.64. The summed E-state index contributed by atoms with van der Waals surface area (Å²) < 4.78 is 5.85. The fourth-order valence-electron chi connectivity index (χ4n) is 3.51. The molecule has 17 heavy (non-hydrogen) atoms. The lowest BCUT2D eigenvalue weighted by Gasteiger charge is -2.17. The van der Waals surface area contributed by atoms with Gasteiger partial charge in [-0.1, -0.05) is 13.3 Å². The first-order valence-electron chi connectivity index (χ1n) is 6.84. The Labute approximate surface area is 102 Å². The monoisotopic (exact) mass is 235 g/mol. The fourth-order valence-corrected chi connectivity index (χ4v) is 3.51. The Hall–Kier alpha value is -0.900. The average molecular weight is 235 g/mol. The third-order valence-corrected chi connectivity index (χ3v) is 4.39. The summed E-state index contributed by atoms with van der Waals surface area (Å²) in [5.74, 6) is 3.90. The maximum absolute atomic E-state index is 5.85. The zero-order valence-corrected chi connectivity index (χ0v) is 10.6. The van der Waals surface area contributed by atoms with Crippen molar-refractivity contribution in [2.24, 2.45) is 11.8 Å². The Kier molecular flexibility index (Phi) is 2.90. The van der Waals surface area contributed by atoms with Gasteiger partial charge in [0, 0.05) is 5.92 Å². The van der Waals surface area contributed by atoms with Gasteiger partial charge in [-0.3, -0.25) is 0 Å². The number of nitrogens with one attached hydrogen (secondary N) is 1. The van der Waals surface area contributed by atoms with Crippen LogP contribution in [0, 0.1) is 11.8 Å². The van der Waals surface area contributed by atoms with Gasteiger partial charge in [-0.2, -0.15) is 0 Å². The van der Waals surface area contributed by atoms with Crippen LogP contribution in [0.15, 0.2) is 4.42 Å². The third-order valence-electron chi connectivity index (χ3n) is 4.39. The van der Waals surface area contributed by atoms with Crippen LogP contribution in [0.1, 0.15) is 63.3 Å². The Morgan fingerprint density at radius 2 is 2.24 bits per heavy atom. The minimum atomic E-state index is 0.167. The van der Waals surface area contributed by atoms with Crippen molar-refractivity contribution in [1.82, 2.24) is 15.5 Å². The largest absolute Gasteiger partial charge is 0.423 e. The molecule has 2 aliphatic carbocycles. The molecule has 0 amide bonds. The zero-order valence-electron chi connectivity index (χ0n) is 10.6. The van der Waals surface area contributed by atoms with E-state index < -0.39 is 0 Å². The predicted molar refractivity (Wildman–Crippen MR) is 64.6 cm³/mol. The van der Waals surface area contributed by atoms with Crippen LogP contribution in [-0.2, 0) is 0 Å². The van der Waals surface area contributed by atoms with Crippen LogP contribution in [0.3, 0.4) is 0 Å². The van der Waals surface area contributed by atoms with Crippen LogP contribution >= 0.6 is 0 Å². The van der Waals surface area contributed by atoms with Crippen molar-refractivity contribution < 1.29 is 4.42 Å². The first kappa shape index (κ1) is 11.2. The molecule has 0 radical (unpaired) electrons. The lowest BCUT2D eigenvalue weighted by Crippen LogP contribution is -2.17.